The van der Waals surface area contributed by atoms with Crippen LogP contribution in [-0.4, -0.2) is 55.1 Å². The van der Waals surface area contributed by atoms with E-state index in [1.165, 1.54) is 9.88 Å². The normalized spacial score (nSPS) is 12.2. The van der Waals surface area contributed by atoms with Gasteiger partial charge in [0.25, 0.3) is 0 Å². The van der Waals surface area contributed by atoms with Crippen LogP contribution in [0.2, 0.25) is 0 Å². The standard InChI is InChI=1S/C15H29N5S/c1-6-20(12(2)3)10-9-18-15(16-5)17-8-7-14-19-11-13(4)21-14/h11-12H,6-10H2,1-5H3,(H2,16,17,18). The smallest absolute Gasteiger partial charge is 0.191 e. The highest BCUT2D eigenvalue weighted by atomic mass is 32.1. The first kappa shape index (κ1) is 17.9. The molecule has 0 aliphatic carbocycles. The second-order valence-corrected chi connectivity index (χ2v) is 6.58. The van der Waals surface area contributed by atoms with E-state index in [1.807, 2.05) is 13.2 Å². The van der Waals surface area contributed by atoms with Gasteiger partial charge in [-0.25, -0.2) is 4.98 Å². The summed E-state index contributed by atoms with van der Waals surface area (Å²) in [6.07, 6.45) is 2.87. The Morgan fingerprint density at radius 1 is 1.38 bits per heavy atom. The number of thiazole rings is 1. The molecular weight excluding hydrogens is 282 g/mol. The van der Waals surface area contributed by atoms with Crippen molar-refractivity contribution in [2.45, 2.75) is 40.2 Å². The molecule has 0 aliphatic heterocycles. The lowest BCUT2D eigenvalue weighted by molar-refractivity contribution is 0.237. The van der Waals surface area contributed by atoms with E-state index in [0.29, 0.717) is 6.04 Å². The Labute approximate surface area is 132 Å². The average Bonchev–Trinajstić information content (AvgIpc) is 2.86. The molecule has 120 valence electrons. The zero-order valence-electron chi connectivity index (χ0n) is 13.9. The lowest BCUT2D eigenvalue weighted by Crippen LogP contribution is -2.43. The maximum absolute atomic E-state index is 4.37. The molecule has 0 fully saturated rings. The SMILES string of the molecule is CCN(CCNC(=NC)NCCc1ncc(C)s1)C(C)C. The summed E-state index contributed by atoms with van der Waals surface area (Å²) in [5, 5.41) is 7.87. The molecule has 0 atom stereocenters. The van der Waals surface area contributed by atoms with Gasteiger partial charge in [0, 0.05) is 50.2 Å². The van der Waals surface area contributed by atoms with Crippen molar-refractivity contribution in [2.24, 2.45) is 4.99 Å². The van der Waals surface area contributed by atoms with Crippen molar-refractivity contribution in [2.75, 3.05) is 33.2 Å². The van der Waals surface area contributed by atoms with Gasteiger partial charge in [-0.3, -0.25) is 9.89 Å². The molecule has 1 aromatic heterocycles. The largest absolute Gasteiger partial charge is 0.356 e. The summed E-state index contributed by atoms with van der Waals surface area (Å²) in [5.74, 6) is 0.864. The van der Waals surface area contributed by atoms with Gasteiger partial charge in [-0.15, -0.1) is 11.3 Å². The third-order valence-electron chi connectivity index (χ3n) is 3.35. The molecule has 0 amide bonds. The summed E-state index contributed by atoms with van der Waals surface area (Å²) < 4.78 is 0. The van der Waals surface area contributed by atoms with E-state index >= 15 is 0 Å². The molecule has 0 bridgehead atoms. The summed E-state index contributed by atoms with van der Waals surface area (Å²) >= 11 is 1.76. The van der Waals surface area contributed by atoms with E-state index < -0.39 is 0 Å². The number of aryl methyl sites for hydroxylation is 1. The van der Waals surface area contributed by atoms with Crippen molar-refractivity contribution in [3.63, 3.8) is 0 Å². The molecule has 1 rings (SSSR count). The van der Waals surface area contributed by atoms with Crippen LogP contribution < -0.4 is 10.6 Å². The van der Waals surface area contributed by atoms with E-state index in [0.717, 1.165) is 38.6 Å². The minimum absolute atomic E-state index is 0.583. The van der Waals surface area contributed by atoms with Crippen molar-refractivity contribution in [3.8, 4) is 0 Å². The van der Waals surface area contributed by atoms with Gasteiger partial charge in [0.05, 0.1) is 5.01 Å². The van der Waals surface area contributed by atoms with Crippen LogP contribution in [0.1, 0.15) is 30.7 Å². The topological polar surface area (TPSA) is 52.5 Å². The number of hydrogen-bond acceptors (Lipinski definition) is 4. The van der Waals surface area contributed by atoms with Gasteiger partial charge in [0.1, 0.15) is 0 Å². The second-order valence-electron chi connectivity index (χ2n) is 5.26. The molecule has 0 aliphatic rings. The maximum atomic E-state index is 4.37. The first-order valence-electron chi connectivity index (χ1n) is 7.66. The molecule has 5 nitrogen and oxygen atoms in total. The van der Waals surface area contributed by atoms with Gasteiger partial charge in [-0.1, -0.05) is 6.92 Å². The third kappa shape index (κ3) is 6.91. The molecule has 0 saturated carbocycles. The van der Waals surface area contributed by atoms with E-state index in [2.05, 4.69) is 53.2 Å². The Hall–Kier alpha value is -1.14. The lowest BCUT2D eigenvalue weighted by Gasteiger charge is -2.25. The summed E-state index contributed by atoms with van der Waals surface area (Å²) in [7, 11) is 1.81. The summed E-state index contributed by atoms with van der Waals surface area (Å²) in [5.41, 5.74) is 0. The average molecular weight is 311 g/mol. The lowest BCUT2D eigenvalue weighted by atomic mass is 10.3. The molecule has 0 aromatic carbocycles. The van der Waals surface area contributed by atoms with Crippen molar-refractivity contribution in [1.29, 1.82) is 0 Å². The Kier molecular flexibility index (Phi) is 8.30. The van der Waals surface area contributed by atoms with Crippen molar-refractivity contribution in [1.82, 2.24) is 20.5 Å². The van der Waals surface area contributed by atoms with Crippen molar-refractivity contribution < 1.29 is 0 Å². The summed E-state index contributed by atoms with van der Waals surface area (Å²) in [6.45, 7) is 12.6. The first-order chi connectivity index (χ1) is 10.1. The van der Waals surface area contributed by atoms with Crippen LogP contribution >= 0.6 is 11.3 Å². The third-order valence-corrected chi connectivity index (χ3v) is 4.32. The van der Waals surface area contributed by atoms with Crippen LogP contribution in [0.25, 0.3) is 0 Å². The fraction of sp³-hybridized carbons (Fsp3) is 0.733. The Bertz CT molecular complexity index is 427. The van der Waals surface area contributed by atoms with Gasteiger partial charge >= 0.3 is 0 Å². The Morgan fingerprint density at radius 2 is 2.10 bits per heavy atom. The predicted octanol–water partition coefficient (Wildman–Crippen LogP) is 1.89. The van der Waals surface area contributed by atoms with Gasteiger partial charge in [-0.05, 0) is 27.3 Å². The van der Waals surface area contributed by atoms with E-state index in [9.17, 15) is 0 Å². The molecule has 1 heterocycles. The molecule has 1 aromatic rings. The summed E-state index contributed by atoms with van der Waals surface area (Å²) in [4.78, 5) is 12.3. The minimum Gasteiger partial charge on any atom is -0.356 e. The van der Waals surface area contributed by atoms with Crippen LogP contribution in [0.15, 0.2) is 11.2 Å². The van der Waals surface area contributed by atoms with Crippen LogP contribution in [0.4, 0.5) is 0 Å². The molecule has 0 spiro atoms. The number of guanidine groups is 1. The van der Waals surface area contributed by atoms with Crippen molar-refractivity contribution in [3.05, 3.63) is 16.1 Å². The summed E-state index contributed by atoms with van der Waals surface area (Å²) in [6, 6.07) is 0.583. The molecule has 0 unspecified atom stereocenters. The van der Waals surface area contributed by atoms with E-state index in [4.69, 9.17) is 0 Å². The van der Waals surface area contributed by atoms with E-state index in [-0.39, 0.29) is 0 Å². The zero-order chi connectivity index (χ0) is 15.7. The number of aromatic nitrogens is 1. The Balaban J connectivity index is 2.23. The molecule has 0 radical (unpaired) electrons. The van der Waals surface area contributed by atoms with Crippen molar-refractivity contribution >= 4 is 17.3 Å². The fourth-order valence-electron chi connectivity index (χ4n) is 2.12. The van der Waals surface area contributed by atoms with Gasteiger partial charge in [0.2, 0.25) is 0 Å². The van der Waals surface area contributed by atoms with Crippen LogP contribution in [0.5, 0.6) is 0 Å². The second kappa shape index (κ2) is 9.73. The Morgan fingerprint density at radius 3 is 2.62 bits per heavy atom. The highest BCUT2D eigenvalue weighted by molar-refractivity contribution is 7.11. The number of aliphatic imine (C=N–C) groups is 1. The van der Waals surface area contributed by atoms with Gasteiger partial charge in [-0.2, -0.15) is 0 Å². The number of hydrogen-bond donors (Lipinski definition) is 2. The molecule has 2 N–H and O–H groups in total. The van der Waals surface area contributed by atoms with Crippen LogP contribution in [0, 0.1) is 6.92 Å². The number of rotatable bonds is 8. The van der Waals surface area contributed by atoms with Gasteiger partial charge in [0.15, 0.2) is 5.96 Å². The quantitative estimate of drug-likeness (QED) is 0.569. The zero-order valence-corrected chi connectivity index (χ0v) is 14.8. The fourth-order valence-corrected chi connectivity index (χ4v) is 2.91. The molecule has 21 heavy (non-hydrogen) atoms. The predicted molar refractivity (Wildman–Crippen MR) is 92.3 cm³/mol. The van der Waals surface area contributed by atoms with E-state index in [1.54, 1.807) is 11.3 Å². The highest BCUT2D eigenvalue weighted by Gasteiger charge is 2.06. The van der Waals surface area contributed by atoms with Crippen LogP contribution in [0.3, 0.4) is 0 Å². The number of likely N-dealkylation sites (N-methyl/N-ethyl adjacent to an activating group) is 1. The first-order valence-corrected chi connectivity index (χ1v) is 8.48. The highest BCUT2D eigenvalue weighted by Crippen LogP contribution is 2.10. The number of nitrogens with one attached hydrogen (secondary N) is 2. The monoisotopic (exact) mass is 311 g/mol. The maximum Gasteiger partial charge on any atom is 0.191 e. The molecule has 6 heteroatoms. The minimum atomic E-state index is 0.583. The molecule has 0 saturated heterocycles. The van der Waals surface area contributed by atoms with Gasteiger partial charge < -0.3 is 10.6 Å². The van der Waals surface area contributed by atoms with Crippen LogP contribution in [-0.2, 0) is 6.42 Å². The molecular formula is C15H29N5S. The number of nitrogens with zero attached hydrogens (tertiary/aromatic N) is 3.